The second kappa shape index (κ2) is 15.7. The molecule has 1 aliphatic rings. The molecule has 0 saturated carbocycles. The molecule has 1 fully saturated rings. The summed E-state index contributed by atoms with van der Waals surface area (Å²) in [7, 11) is 1.67. The number of piperazine rings is 1. The highest BCUT2D eigenvalue weighted by Gasteiger charge is 2.28. The number of methoxy groups -OCH3 is 1. The molecule has 46 heavy (non-hydrogen) atoms. The average Bonchev–Trinajstić information content (AvgIpc) is 3.51. The van der Waals surface area contributed by atoms with Gasteiger partial charge < -0.3 is 9.64 Å². The molecule has 1 saturated heterocycles. The van der Waals surface area contributed by atoms with Crippen molar-refractivity contribution in [1.29, 1.82) is 0 Å². The molecular formula is C38H41N5O2S. The van der Waals surface area contributed by atoms with Crippen LogP contribution in [0.5, 0.6) is 5.75 Å². The number of rotatable bonds is 13. The van der Waals surface area contributed by atoms with Crippen molar-refractivity contribution in [2.24, 2.45) is 0 Å². The van der Waals surface area contributed by atoms with E-state index in [4.69, 9.17) is 4.74 Å². The highest BCUT2D eigenvalue weighted by molar-refractivity contribution is 7.99. The summed E-state index contributed by atoms with van der Waals surface area (Å²) in [5, 5.41) is 10.0. The number of amides is 1. The minimum atomic E-state index is 0.199. The molecule has 6 rings (SSSR count). The van der Waals surface area contributed by atoms with E-state index in [9.17, 15) is 4.79 Å². The number of carbonyl (C=O) groups excluding carboxylic acids is 1. The van der Waals surface area contributed by atoms with Gasteiger partial charge in [0.15, 0.2) is 5.16 Å². The zero-order valence-electron chi connectivity index (χ0n) is 26.4. The van der Waals surface area contributed by atoms with E-state index in [2.05, 4.69) is 92.5 Å². The molecule has 236 valence electrons. The molecule has 0 atom stereocenters. The van der Waals surface area contributed by atoms with Crippen molar-refractivity contribution in [2.75, 3.05) is 39.0 Å². The van der Waals surface area contributed by atoms with Crippen LogP contribution in [0, 0.1) is 0 Å². The zero-order chi connectivity index (χ0) is 31.6. The third-order valence-corrected chi connectivity index (χ3v) is 9.53. The first-order chi connectivity index (χ1) is 22.7. The first-order valence-corrected chi connectivity index (χ1v) is 17.1. The number of nitrogens with zero attached hydrogens (tertiary/aromatic N) is 5. The highest BCUT2D eigenvalue weighted by atomic mass is 32.2. The molecule has 7 nitrogen and oxygen atoms in total. The maximum Gasteiger partial charge on any atom is 0.222 e. The Balaban J connectivity index is 1.01. The Morgan fingerprint density at radius 2 is 1.37 bits per heavy atom. The van der Waals surface area contributed by atoms with Crippen LogP contribution >= 0.6 is 11.8 Å². The second-order valence-electron chi connectivity index (χ2n) is 11.5. The number of benzene rings is 4. The Kier molecular flexibility index (Phi) is 10.8. The van der Waals surface area contributed by atoms with Gasteiger partial charge in [0.2, 0.25) is 5.91 Å². The number of carbonyl (C=O) groups is 1. The Bertz CT molecular complexity index is 1610. The third-order valence-electron chi connectivity index (χ3n) is 8.51. The van der Waals surface area contributed by atoms with E-state index in [-0.39, 0.29) is 11.9 Å². The summed E-state index contributed by atoms with van der Waals surface area (Å²) in [5.41, 5.74) is 4.79. The normalized spacial score (nSPS) is 13.7. The minimum Gasteiger partial charge on any atom is -0.497 e. The third kappa shape index (κ3) is 7.87. The van der Waals surface area contributed by atoms with E-state index >= 15 is 0 Å². The van der Waals surface area contributed by atoms with Gasteiger partial charge >= 0.3 is 0 Å². The lowest BCUT2D eigenvalue weighted by molar-refractivity contribution is -0.133. The first-order valence-electron chi connectivity index (χ1n) is 16.1. The topological polar surface area (TPSA) is 63.5 Å². The van der Waals surface area contributed by atoms with Crippen LogP contribution in [0.2, 0.25) is 0 Å². The van der Waals surface area contributed by atoms with Crippen LogP contribution in [0.4, 0.5) is 0 Å². The fourth-order valence-corrected chi connectivity index (χ4v) is 7.06. The summed E-state index contributed by atoms with van der Waals surface area (Å²) in [6.07, 6.45) is 3.06. The fraction of sp³-hybridized carbons (Fsp3) is 0.289. The molecule has 0 aliphatic carbocycles. The van der Waals surface area contributed by atoms with Gasteiger partial charge in [0.25, 0.3) is 0 Å². The molecule has 5 aromatic rings. The molecule has 4 aromatic carbocycles. The van der Waals surface area contributed by atoms with Gasteiger partial charge in [0, 0.05) is 50.5 Å². The van der Waals surface area contributed by atoms with E-state index in [1.165, 1.54) is 16.7 Å². The summed E-state index contributed by atoms with van der Waals surface area (Å²) in [6, 6.07) is 39.9. The molecule has 1 aromatic heterocycles. The van der Waals surface area contributed by atoms with Crippen LogP contribution in [0.25, 0.3) is 5.69 Å². The zero-order valence-corrected chi connectivity index (χ0v) is 27.2. The number of hydrogen-bond donors (Lipinski definition) is 0. The molecule has 0 radical (unpaired) electrons. The van der Waals surface area contributed by atoms with Gasteiger partial charge in [-0.25, -0.2) is 0 Å². The van der Waals surface area contributed by atoms with Crippen molar-refractivity contribution in [2.45, 2.75) is 36.9 Å². The van der Waals surface area contributed by atoms with Gasteiger partial charge in [-0.1, -0.05) is 103 Å². The number of aromatic nitrogens is 3. The summed E-state index contributed by atoms with van der Waals surface area (Å²) < 4.78 is 7.51. The second-order valence-corrected chi connectivity index (χ2v) is 12.6. The van der Waals surface area contributed by atoms with Gasteiger partial charge in [-0.15, -0.1) is 10.2 Å². The number of ether oxygens (including phenoxy) is 1. The standard InChI is InChI=1S/C38H41N5O2S/c1-45-34-22-20-33(21-23-34)43-35(29-30-13-5-2-6-14-30)39-40-38(43)46-28-12-11-19-36(44)41-24-26-42(27-25-41)37(31-15-7-3-8-16-31)32-17-9-4-10-18-32/h2-10,13-18,20-23,37H,11-12,19,24-29H2,1H3. The predicted octanol–water partition coefficient (Wildman–Crippen LogP) is 7.06. The molecule has 1 aliphatic heterocycles. The fourth-order valence-electron chi connectivity index (χ4n) is 6.09. The number of thioether (sulfide) groups is 1. The van der Waals surface area contributed by atoms with E-state index in [1.807, 2.05) is 47.4 Å². The van der Waals surface area contributed by atoms with Gasteiger partial charge in [-0.2, -0.15) is 0 Å². The van der Waals surface area contributed by atoms with Crippen LogP contribution < -0.4 is 4.74 Å². The first kappa shape index (κ1) is 31.6. The molecule has 2 heterocycles. The lowest BCUT2D eigenvalue weighted by atomic mass is 9.96. The molecule has 0 N–H and O–H groups in total. The monoisotopic (exact) mass is 631 g/mol. The lowest BCUT2D eigenvalue weighted by Crippen LogP contribution is -2.49. The summed E-state index contributed by atoms with van der Waals surface area (Å²) >= 11 is 1.70. The van der Waals surface area contributed by atoms with Gasteiger partial charge in [-0.3, -0.25) is 14.3 Å². The Morgan fingerprint density at radius 1 is 0.761 bits per heavy atom. The van der Waals surface area contributed by atoms with Crippen LogP contribution in [-0.4, -0.2) is 69.5 Å². The maximum absolute atomic E-state index is 13.2. The van der Waals surface area contributed by atoms with Gasteiger partial charge in [0.1, 0.15) is 11.6 Å². The summed E-state index contributed by atoms with van der Waals surface area (Å²) in [5.74, 6) is 2.84. The SMILES string of the molecule is COc1ccc(-n2c(Cc3ccccc3)nnc2SCCCCC(=O)N2CCN(C(c3ccccc3)c3ccccc3)CC2)cc1. The summed E-state index contributed by atoms with van der Waals surface area (Å²) in [6.45, 7) is 3.25. The van der Waals surface area contributed by atoms with Crippen molar-refractivity contribution >= 4 is 17.7 Å². The molecule has 8 heteroatoms. The maximum atomic E-state index is 13.2. The van der Waals surface area contributed by atoms with Crippen molar-refractivity contribution in [3.05, 3.63) is 138 Å². The number of unbranched alkanes of at least 4 members (excludes halogenated alkanes) is 1. The Morgan fingerprint density at radius 3 is 1.98 bits per heavy atom. The van der Waals surface area contributed by atoms with E-state index < -0.39 is 0 Å². The average molecular weight is 632 g/mol. The van der Waals surface area contributed by atoms with Crippen molar-refractivity contribution in [3.63, 3.8) is 0 Å². The van der Waals surface area contributed by atoms with E-state index in [0.29, 0.717) is 12.8 Å². The Hall–Kier alpha value is -4.40. The molecule has 1 amide bonds. The minimum absolute atomic E-state index is 0.199. The van der Waals surface area contributed by atoms with Gasteiger partial charge in [-0.05, 0) is 53.8 Å². The van der Waals surface area contributed by atoms with Gasteiger partial charge in [0.05, 0.1) is 13.2 Å². The van der Waals surface area contributed by atoms with Crippen molar-refractivity contribution in [1.82, 2.24) is 24.6 Å². The molecule has 0 unspecified atom stereocenters. The van der Waals surface area contributed by atoms with Crippen LogP contribution in [0.1, 0.15) is 47.8 Å². The highest BCUT2D eigenvalue weighted by Crippen LogP contribution is 2.30. The molecule has 0 spiro atoms. The number of hydrogen-bond acceptors (Lipinski definition) is 6. The van der Waals surface area contributed by atoms with Crippen LogP contribution in [0.15, 0.2) is 120 Å². The smallest absolute Gasteiger partial charge is 0.222 e. The van der Waals surface area contributed by atoms with Crippen LogP contribution in [0.3, 0.4) is 0 Å². The lowest BCUT2D eigenvalue weighted by Gasteiger charge is -2.40. The Labute approximate surface area is 276 Å². The van der Waals surface area contributed by atoms with E-state index in [0.717, 1.165) is 67.2 Å². The largest absolute Gasteiger partial charge is 0.497 e. The predicted molar refractivity (Wildman–Crippen MR) is 185 cm³/mol. The molecular weight excluding hydrogens is 591 g/mol. The van der Waals surface area contributed by atoms with Crippen LogP contribution in [-0.2, 0) is 11.2 Å². The quantitative estimate of drug-likeness (QED) is 0.102. The summed E-state index contributed by atoms with van der Waals surface area (Å²) in [4.78, 5) is 17.7. The van der Waals surface area contributed by atoms with E-state index in [1.54, 1.807) is 18.9 Å². The molecule has 0 bridgehead atoms. The van der Waals surface area contributed by atoms with Crippen molar-refractivity contribution < 1.29 is 9.53 Å². The van der Waals surface area contributed by atoms with Crippen molar-refractivity contribution in [3.8, 4) is 11.4 Å².